The van der Waals surface area contributed by atoms with Crippen molar-refractivity contribution in [3.63, 3.8) is 0 Å². The summed E-state index contributed by atoms with van der Waals surface area (Å²) in [4.78, 5) is 20.0. The van der Waals surface area contributed by atoms with Crippen LogP contribution in [0, 0.1) is 0 Å². The van der Waals surface area contributed by atoms with Gasteiger partial charge in [-0.2, -0.15) is 0 Å². The number of hydrogen-bond donors (Lipinski definition) is 1. The Morgan fingerprint density at radius 3 is 2.56 bits per heavy atom. The zero-order chi connectivity index (χ0) is 12.8. The van der Waals surface area contributed by atoms with Gasteiger partial charge >= 0.3 is 6.03 Å². The fraction of sp³-hybridized carbons (Fsp3) is 0.538. The predicted octanol–water partition coefficient (Wildman–Crippen LogP) is 1.32. The maximum Gasteiger partial charge on any atom is 0.317 e. The number of piperazine rings is 1. The van der Waals surface area contributed by atoms with Crippen LogP contribution in [0.4, 0.5) is 10.5 Å². The van der Waals surface area contributed by atoms with Gasteiger partial charge in [-0.15, -0.1) is 0 Å². The Hall–Kier alpha value is -1.78. The van der Waals surface area contributed by atoms with Gasteiger partial charge in [-0.25, -0.2) is 4.79 Å². The number of carbonyl (C=O) groups is 1. The molecule has 98 valence electrons. The summed E-state index contributed by atoms with van der Waals surface area (Å²) in [5.74, 6) is 0. The molecular weight excluding hydrogens is 228 g/mol. The number of anilines is 1. The molecule has 1 aliphatic heterocycles. The number of carbonyl (C=O) groups excluding carboxylic acids is 1. The van der Waals surface area contributed by atoms with Crippen LogP contribution in [0.5, 0.6) is 0 Å². The van der Waals surface area contributed by atoms with Gasteiger partial charge in [-0.1, -0.05) is 6.92 Å². The first-order valence-corrected chi connectivity index (χ1v) is 6.49. The van der Waals surface area contributed by atoms with Crippen molar-refractivity contribution in [3.8, 4) is 0 Å². The fourth-order valence-electron chi connectivity index (χ4n) is 2.07. The van der Waals surface area contributed by atoms with Gasteiger partial charge in [-0.05, 0) is 18.6 Å². The number of nitrogens with zero attached hydrogens (tertiary/aromatic N) is 3. The molecule has 2 heterocycles. The Labute approximate surface area is 108 Å². The smallest absolute Gasteiger partial charge is 0.317 e. The van der Waals surface area contributed by atoms with Crippen LogP contribution in [0.25, 0.3) is 0 Å². The normalized spacial score (nSPS) is 15.6. The molecular formula is C13H20N4O. The Bertz CT molecular complexity index is 374. The highest BCUT2D eigenvalue weighted by Gasteiger charge is 2.20. The first kappa shape index (κ1) is 12.7. The molecule has 0 aromatic carbocycles. The zero-order valence-electron chi connectivity index (χ0n) is 10.8. The quantitative estimate of drug-likeness (QED) is 0.877. The minimum Gasteiger partial charge on any atom is -0.368 e. The molecule has 0 bridgehead atoms. The summed E-state index contributed by atoms with van der Waals surface area (Å²) in [6.07, 6.45) is 4.58. The average Bonchev–Trinajstić information content (AvgIpc) is 2.46. The molecule has 0 radical (unpaired) electrons. The van der Waals surface area contributed by atoms with Crippen molar-refractivity contribution >= 4 is 11.7 Å². The van der Waals surface area contributed by atoms with E-state index in [1.54, 1.807) is 12.4 Å². The number of amides is 2. The third-order valence-corrected chi connectivity index (χ3v) is 3.12. The Morgan fingerprint density at radius 1 is 1.28 bits per heavy atom. The van der Waals surface area contributed by atoms with Crippen molar-refractivity contribution in [2.75, 3.05) is 37.6 Å². The molecule has 2 amide bonds. The molecule has 18 heavy (non-hydrogen) atoms. The van der Waals surface area contributed by atoms with Gasteiger partial charge < -0.3 is 15.1 Å². The number of urea groups is 1. The van der Waals surface area contributed by atoms with Crippen LogP contribution in [0.2, 0.25) is 0 Å². The van der Waals surface area contributed by atoms with Crippen LogP contribution >= 0.6 is 0 Å². The van der Waals surface area contributed by atoms with E-state index in [0.717, 1.165) is 39.1 Å². The zero-order valence-corrected chi connectivity index (χ0v) is 10.8. The molecule has 0 atom stereocenters. The van der Waals surface area contributed by atoms with Gasteiger partial charge in [0.25, 0.3) is 0 Å². The summed E-state index contributed by atoms with van der Waals surface area (Å²) in [5.41, 5.74) is 1.18. The summed E-state index contributed by atoms with van der Waals surface area (Å²) >= 11 is 0. The number of hydrogen-bond acceptors (Lipinski definition) is 3. The molecule has 1 fully saturated rings. The maximum absolute atomic E-state index is 11.8. The molecule has 1 aromatic rings. The van der Waals surface area contributed by atoms with Crippen molar-refractivity contribution < 1.29 is 4.79 Å². The lowest BCUT2D eigenvalue weighted by Gasteiger charge is -2.36. The number of rotatable bonds is 3. The second kappa shape index (κ2) is 6.23. The molecule has 0 spiro atoms. The van der Waals surface area contributed by atoms with E-state index >= 15 is 0 Å². The molecule has 1 N–H and O–H groups in total. The van der Waals surface area contributed by atoms with Crippen LogP contribution < -0.4 is 10.2 Å². The highest BCUT2D eigenvalue weighted by atomic mass is 16.2. The average molecular weight is 248 g/mol. The molecule has 2 rings (SSSR count). The van der Waals surface area contributed by atoms with Gasteiger partial charge in [0, 0.05) is 50.8 Å². The highest BCUT2D eigenvalue weighted by molar-refractivity contribution is 5.74. The maximum atomic E-state index is 11.8. The van der Waals surface area contributed by atoms with Crippen LogP contribution in [0.1, 0.15) is 13.3 Å². The lowest BCUT2D eigenvalue weighted by Crippen LogP contribution is -2.52. The molecule has 1 saturated heterocycles. The van der Waals surface area contributed by atoms with Crippen LogP contribution in [0.3, 0.4) is 0 Å². The monoisotopic (exact) mass is 248 g/mol. The third-order valence-electron chi connectivity index (χ3n) is 3.12. The summed E-state index contributed by atoms with van der Waals surface area (Å²) < 4.78 is 0. The van der Waals surface area contributed by atoms with Gasteiger partial charge in [0.1, 0.15) is 0 Å². The Kier molecular flexibility index (Phi) is 4.39. The van der Waals surface area contributed by atoms with Crippen molar-refractivity contribution in [2.45, 2.75) is 13.3 Å². The molecule has 0 unspecified atom stereocenters. The predicted molar refractivity (Wildman–Crippen MR) is 71.7 cm³/mol. The summed E-state index contributed by atoms with van der Waals surface area (Å²) in [6, 6.07) is 4.07. The van der Waals surface area contributed by atoms with E-state index in [9.17, 15) is 4.79 Å². The SMILES string of the molecule is CCCNC(=O)N1CCN(c2ccncc2)CC1. The van der Waals surface area contributed by atoms with E-state index in [-0.39, 0.29) is 6.03 Å². The molecule has 0 saturated carbocycles. The second-order valence-electron chi connectivity index (χ2n) is 4.41. The number of aromatic nitrogens is 1. The van der Waals surface area contributed by atoms with Gasteiger partial charge in [0.15, 0.2) is 0 Å². The van der Waals surface area contributed by atoms with Gasteiger partial charge in [0.05, 0.1) is 0 Å². The van der Waals surface area contributed by atoms with Crippen molar-refractivity contribution in [3.05, 3.63) is 24.5 Å². The number of nitrogens with one attached hydrogen (secondary N) is 1. The molecule has 1 aromatic heterocycles. The lowest BCUT2D eigenvalue weighted by molar-refractivity contribution is 0.194. The van der Waals surface area contributed by atoms with E-state index in [1.807, 2.05) is 17.0 Å². The molecule has 5 heteroatoms. The van der Waals surface area contributed by atoms with E-state index in [2.05, 4.69) is 22.1 Å². The summed E-state index contributed by atoms with van der Waals surface area (Å²) in [5, 5.41) is 2.92. The first-order valence-electron chi connectivity index (χ1n) is 6.49. The molecule has 0 aliphatic carbocycles. The topological polar surface area (TPSA) is 48.5 Å². The van der Waals surface area contributed by atoms with E-state index in [4.69, 9.17) is 0 Å². The summed E-state index contributed by atoms with van der Waals surface area (Å²) in [6.45, 7) is 6.12. The van der Waals surface area contributed by atoms with Crippen LogP contribution in [-0.4, -0.2) is 48.6 Å². The van der Waals surface area contributed by atoms with E-state index in [0.29, 0.717) is 0 Å². The third kappa shape index (κ3) is 3.12. The van der Waals surface area contributed by atoms with E-state index in [1.165, 1.54) is 5.69 Å². The minimum absolute atomic E-state index is 0.0613. The Balaban J connectivity index is 1.83. The lowest BCUT2D eigenvalue weighted by atomic mass is 10.3. The number of pyridine rings is 1. The molecule has 1 aliphatic rings. The van der Waals surface area contributed by atoms with Crippen LogP contribution in [0.15, 0.2) is 24.5 Å². The fourth-order valence-corrected chi connectivity index (χ4v) is 2.07. The van der Waals surface area contributed by atoms with Crippen LogP contribution in [-0.2, 0) is 0 Å². The van der Waals surface area contributed by atoms with Crippen molar-refractivity contribution in [1.29, 1.82) is 0 Å². The second-order valence-corrected chi connectivity index (χ2v) is 4.41. The van der Waals surface area contributed by atoms with Crippen molar-refractivity contribution in [1.82, 2.24) is 15.2 Å². The van der Waals surface area contributed by atoms with Gasteiger partial charge in [-0.3, -0.25) is 4.98 Å². The minimum atomic E-state index is 0.0613. The highest BCUT2D eigenvalue weighted by Crippen LogP contribution is 2.14. The Morgan fingerprint density at radius 2 is 1.94 bits per heavy atom. The first-order chi connectivity index (χ1) is 8.81. The standard InChI is InChI=1S/C13H20N4O/c1-2-5-15-13(18)17-10-8-16(9-11-17)12-3-6-14-7-4-12/h3-4,6-7H,2,5,8-11H2,1H3,(H,15,18). The largest absolute Gasteiger partial charge is 0.368 e. The van der Waals surface area contributed by atoms with Gasteiger partial charge in [0.2, 0.25) is 0 Å². The molecule has 5 nitrogen and oxygen atoms in total. The van der Waals surface area contributed by atoms with E-state index < -0.39 is 0 Å². The summed E-state index contributed by atoms with van der Waals surface area (Å²) in [7, 11) is 0. The van der Waals surface area contributed by atoms with Crippen molar-refractivity contribution in [2.24, 2.45) is 0 Å².